The van der Waals surface area contributed by atoms with Crippen molar-refractivity contribution in [2.75, 3.05) is 0 Å². The van der Waals surface area contributed by atoms with E-state index in [4.69, 9.17) is 0 Å². The number of carbonyl (C=O) groups is 1. The molecule has 122 valence electrons. The molecule has 0 aromatic heterocycles. The number of benzene rings is 2. The van der Waals surface area contributed by atoms with Crippen LogP contribution in [0.15, 0.2) is 59.7 Å². The minimum Gasteiger partial charge on any atom is -0.289 e. The first-order valence-corrected chi connectivity index (χ1v) is 7.99. The van der Waals surface area contributed by atoms with Gasteiger partial charge in [0, 0.05) is 22.3 Å². The highest BCUT2D eigenvalue weighted by Gasteiger charge is 2.25. The summed E-state index contributed by atoms with van der Waals surface area (Å²) in [4.78, 5) is 12.7. The Labute approximate surface area is 140 Å². The summed E-state index contributed by atoms with van der Waals surface area (Å²) < 4.78 is 27.7. The lowest BCUT2D eigenvalue weighted by Crippen LogP contribution is -2.18. The monoisotopic (exact) mass is 324 g/mol. The fourth-order valence-corrected chi connectivity index (χ4v) is 3.02. The first kappa shape index (κ1) is 16.3. The molecule has 0 radical (unpaired) electrons. The first-order valence-electron chi connectivity index (χ1n) is 7.99. The largest absolute Gasteiger partial charge is 0.289 e. The first-order chi connectivity index (χ1) is 11.5. The van der Waals surface area contributed by atoms with Crippen LogP contribution in [0.25, 0.3) is 12.2 Å². The highest BCUT2D eigenvalue weighted by molar-refractivity contribution is 6.14. The van der Waals surface area contributed by atoms with E-state index in [9.17, 15) is 13.6 Å². The Morgan fingerprint density at radius 1 is 0.833 bits per heavy atom. The van der Waals surface area contributed by atoms with Crippen molar-refractivity contribution in [2.24, 2.45) is 5.92 Å². The van der Waals surface area contributed by atoms with Crippen LogP contribution in [-0.2, 0) is 4.79 Å². The minimum atomic E-state index is -0.351. The van der Waals surface area contributed by atoms with Gasteiger partial charge in [-0.25, -0.2) is 8.78 Å². The van der Waals surface area contributed by atoms with E-state index in [1.54, 1.807) is 48.6 Å². The molecule has 2 aromatic rings. The molecule has 3 heteroatoms. The zero-order chi connectivity index (χ0) is 17.1. The van der Waals surface area contributed by atoms with Gasteiger partial charge in [0.1, 0.15) is 11.6 Å². The third-order valence-corrected chi connectivity index (χ3v) is 4.19. The third-order valence-electron chi connectivity index (χ3n) is 4.19. The van der Waals surface area contributed by atoms with Gasteiger partial charge in [-0.1, -0.05) is 43.3 Å². The smallest absolute Gasteiger partial charge is 0.185 e. The maximum absolute atomic E-state index is 13.8. The molecule has 0 amide bonds. The van der Waals surface area contributed by atoms with E-state index in [0.29, 0.717) is 35.1 Å². The van der Waals surface area contributed by atoms with Crippen LogP contribution in [0.3, 0.4) is 0 Å². The molecule has 24 heavy (non-hydrogen) atoms. The van der Waals surface area contributed by atoms with Crippen molar-refractivity contribution in [3.63, 3.8) is 0 Å². The molecule has 1 nitrogen and oxygen atoms in total. The van der Waals surface area contributed by atoms with Crippen molar-refractivity contribution in [2.45, 2.75) is 19.8 Å². The van der Waals surface area contributed by atoms with Gasteiger partial charge in [-0.2, -0.15) is 0 Å². The van der Waals surface area contributed by atoms with E-state index in [-0.39, 0.29) is 23.3 Å². The van der Waals surface area contributed by atoms with Crippen LogP contribution in [0.2, 0.25) is 0 Å². The fourth-order valence-electron chi connectivity index (χ4n) is 3.02. The second kappa shape index (κ2) is 6.91. The van der Waals surface area contributed by atoms with E-state index in [2.05, 4.69) is 0 Å². The predicted octanol–water partition coefficient (Wildman–Crippen LogP) is 5.43. The lowest BCUT2D eigenvalue weighted by molar-refractivity contribution is -0.113. The summed E-state index contributed by atoms with van der Waals surface area (Å²) in [6.45, 7) is 2.04. The van der Waals surface area contributed by atoms with Crippen molar-refractivity contribution >= 4 is 17.9 Å². The quantitative estimate of drug-likeness (QED) is 0.673. The molecule has 0 bridgehead atoms. The predicted molar refractivity (Wildman–Crippen MR) is 92.2 cm³/mol. The van der Waals surface area contributed by atoms with Crippen LogP contribution in [0, 0.1) is 17.6 Å². The van der Waals surface area contributed by atoms with Crippen molar-refractivity contribution < 1.29 is 13.6 Å². The van der Waals surface area contributed by atoms with Crippen molar-refractivity contribution in [1.29, 1.82) is 0 Å². The highest BCUT2D eigenvalue weighted by Crippen LogP contribution is 2.32. The number of rotatable bonds is 2. The van der Waals surface area contributed by atoms with Gasteiger partial charge in [0.2, 0.25) is 0 Å². The molecule has 1 aliphatic carbocycles. The van der Waals surface area contributed by atoms with Crippen LogP contribution in [-0.4, -0.2) is 5.78 Å². The lowest BCUT2D eigenvalue weighted by Gasteiger charge is -2.22. The molecule has 0 aliphatic heterocycles. The second-order valence-corrected chi connectivity index (χ2v) is 6.22. The Hall–Kier alpha value is -2.55. The summed E-state index contributed by atoms with van der Waals surface area (Å²) in [7, 11) is 0. The summed E-state index contributed by atoms with van der Waals surface area (Å²) in [5.41, 5.74) is 1.95. The molecule has 0 atom stereocenters. The topological polar surface area (TPSA) is 17.1 Å². The summed E-state index contributed by atoms with van der Waals surface area (Å²) in [6.07, 6.45) is 4.43. The molecule has 0 spiro atoms. The average molecular weight is 324 g/mol. The van der Waals surface area contributed by atoms with Crippen LogP contribution >= 0.6 is 0 Å². The number of Topliss-reactive ketones (excluding diaryl/α,β-unsaturated/α-hetero) is 1. The van der Waals surface area contributed by atoms with E-state index < -0.39 is 0 Å². The van der Waals surface area contributed by atoms with Crippen molar-refractivity contribution in [3.8, 4) is 0 Å². The third kappa shape index (κ3) is 3.51. The van der Waals surface area contributed by atoms with Gasteiger partial charge < -0.3 is 0 Å². The molecule has 1 aliphatic rings. The Morgan fingerprint density at radius 2 is 1.25 bits per heavy atom. The van der Waals surface area contributed by atoms with Gasteiger partial charge in [-0.15, -0.1) is 0 Å². The highest BCUT2D eigenvalue weighted by atomic mass is 19.1. The van der Waals surface area contributed by atoms with E-state index in [1.807, 2.05) is 6.92 Å². The maximum Gasteiger partial charge on any atom is 0.185 e. The Bertz CT molecular complexity index is 766. The molecule has 0 saturated heterocycles. The summed E-state index contributed by atoms with van der Waals surface area (Å²) in [5, 5.41) is 0. The SMILES string of the molecule is CC1C/C(=C\c2ccccc2F)C(=O)/C(=C/c2ccccc2F)C1. The maximum atomic E-state index is 13.8. The molecule has 2 aromatic carbocycles. The van der Waals surface area contributed by atoms with Gasteiger partial charge in [0.25, 0.3) is 0 Å². The van der Waals surface area contributed by atoms with Crippen molar-refractivity contribution in [1.82, 2.24) is 0 Å². The van der Waals surface area contributed by atoms with E-state index >= 15 is 0 Å². The van der Waals surface area contributed by atoms with Gasteiger partial charge in [-0.05, 0) is 43.0 Å². The van der Waals surface area contributed by atoms with Crippen LogP contribution in [0.5, 0.6) is 0 Å². The standard InChI is InChI=1S/C21H18F2O/c1-14-10-17(12-15-6-2-4-8-19(15)22)21(24)18(11-14)13-16-7-3-5-9-20(16)23/h2-9,12-14H,10-11H2,1H3/b17-12+,18-13+. The van der Waals surface area contributed by atoms with Crippen LogP contribution in [0.1, 0.15) is 30.9 Å². The lowest BCUT2D eigenvalue weighted by atomic mass is 9.80. The Balaban J connectivity index is 1.98. The zero-order valence-corrected chi connectivity index (χ0v) is 13.4. The molecular formula is C21H18F2O. The number of allylic oxidation sites excluding steroid dienone is 2. The van der Waals surface area contributed by atoms with Crippen LogP contribution < -0.4 is 0 Å². The van der Waals surface area contributed by atoms with Gasteiger partial charge in [-0.3, -0.25) is 4.79 Å². The molecule has 0 unspecified atom stereocenters. The second-order valence-electron chi connectivity index (χ2n) is 6.22. The van der Waals surface area contributed by atoms with Crippen molar-refractivity contribution in [3.05, 3.63) is 82.4 Å². The normalized spacial score (nSPS) is 21.5. The number of hydrogen-bond acceptors (Lipinski definition) is 1. The summed E-state index contributed by atoms with van der Waals surface area (Å²) >= 11 is 0. The fraction of sp³-hybridized carbons (Fsp3) is 0.190. The van der Waals surface area contributed by atoms with E-state index in [1.165, 1.54) is 12.1 Å². The summed E-state index contributed by atoms with van der Waals surface area (Å²) in [5.74, 6) is -0.579. The summed E-state index contributed by atoms with van der Waals surface area (Å²) in [6, 6.07) is 12.8. The zero-order valence-electron chi connectivity index (χ0n) is 13.4. The minimum absolute atomic E-state index is 0.125. The molecular weight excluding hydrogens is 306 g/mol. The van der Waals surface area contributed by atoms with Gasteiger partial charge in [0.15, 0.2) is 5.78 Å². The van der Waals surface area contributed by atoms with Crippen LogP contribution in [0.4, 0.5) is 8.78 Å². The van der Waals surface area contributed by atoms with E-state index in [0.717, 1.165) is 0 Å². The van der Waals surface area contributed by atoms with Gasteiger partial charge >= 0.3 is 0 Å². The number of carbonyl (C=O) groups excluding carboxylic acids is 1. The Morgan fingerprint density at radius 3 is 1.67 bits per heavy atom. The number of ketones is 1. The van der Waals surface area contributed by atoms with Gasteiger partial charge in [0.05, 0.1) is 0 Å². The molecule has 3 rings (SSSR count). The molecule has 0 N–H and O–H groups in total. The number of hydrogen-bond donors (Lipinski definition) is 0. The Kier molecular flexibility index (Phi) is 4.70. The molecule has 0 heterocycles. The molecule has 1 saturated carbocycles. The number of halogens is 2. The molecule has 1 fully saturated rings. The average Bonchev–Trinajstić information content (AvgIpc) is 2.56.